The summed E-state index contributed by atoms with van der Waals surface area (Å²) < 4.78 is 4.93. The lowest BCUT2D eigenvalue weighted by atomic mass is 10.3. The van der Waals surface area contributed by atoms with Gasteiger partial charge in [-0.15, -0.1) is 0 Å². The summed E-state index contributed by atoms with van der Waals surface area (Å²) in [6.45, 7) is 1.30. The molecule has 21 heavy (non-hydrogen) atoms. The van der Waals surface area contributed by atoms with Crippen molar-refractivity contribution in [1.82, 2.24) is 0 Å². The summed E-state index contributed by atoms with van der Waals surface area (Å²) in [6.07, 6.45) is 0. The highest BCUT2D eigenvalue weighted by Gasteiger charge is 2.05. The van der Waals surface area contributed by atoms with Crippen LogP contribution < -0.4 is 15.4 Å². The molecule has 0 spiro atoms. The van der Waals surface area contributed by atoms with E-state index < -0.39 is 12.0 Å². The van der Waals surface area contributed by atoms with Gasteiger partial charge < -0.3 is 20.5 Å². The molecule has 0 aliphatic rings. The Kier molecular flexibility index (Phi) is 4.40. The zero-order valence-electron chi connectivity index (χ0n) is 11.3. The summed E-state index contributed by atoms with van der Waals surface area (Å²) in [5.74, 6) is -0.0290. The van der Waals surface area contributed by atoms with Gasteiger partial charge in [0.2, 0.25) is 0 Å². The van der Waals surface area contributed by atoms with E-state index in [9.17, 15) is 14.7 Å². The second-order valence-corrected chi connectivity index (χ2v) is 4.25. The maximum Gasteiger partial charge on any atom is 0.323 e. The lowest BCUT2D eigenvalue weighted by Gasteiger charge is -2.09. The molecule has 0 aliphatic carbocycles. The number of carbonyl (C=O) groups excluding carboxylic acids is 2. The monoisotopic (exact) mass is 286 g/mol. The molecule has 2 rings (SSSR count). The Labute approximate surface area is 121 Å². The van der Waals surface area contributed by atoms with E-state index in [1.807, 2.05) is 0 Å². The van der Waals surface area contributed by atoms with Crippen molar-refractivity contribution in [1.29, 1.82) is 0 Å². The van der Waals surface area contributed by atoms with Crippen LogP contribution >= 0.6 is 0 Å². The summed E-state index contributed by atoms with van der Waals surface area (Å²) in [7, 11) is 0. The average molecular weight is 286 g/mol. The van der Waals surface area contributed by atoms with E-state index in [2.05, 4.69) is 10.6 Å². The Morgan fingerprint density at radius 3 is 2.24 bits per heavy atom. The number of anilines is 2. The standard InChI is InChI=1S/C15H14N2O4/c1-10(18)21-14-7-3-5-12(9-14)17-15(20)16-11-4-2-6-13(19)8-11/h2-9,19H,1H3,(H2,16,17,20). The van der Waals surface area contributed by atoms with Crippen molar-refractivity contribution in [3.63, 3.8) is 0 Å². The van der Waals surface area contributed by atoms with Crippen LogP contribution in [0.15, 0.2) is 48.5 Å². The number of phenols is 1. The first kappa shape index (κ1) is 14.4. The predicted octanol–water partition coefficient (Wildman–Crippen LogP) is 2.96. The van der Waals surface area contributed by atoms with Crippen LogP contribution in [0.3, 0.4) is 0 Å². The van der Waals surface area contributed by atoms with E-state index in [0.717, 1.165) is 0 Å². The zero-order valence-corrected chi connectivity index (χ0v) is 11.3. The summed E-state index contributed by atoms with van der Waals surface area (Å²) in [5.41, 5.74) is 0.940. The second kappa shape index (κ2) is 6.42. The Morgan fingerprint density at radius 1 is 1.00 bits per heavy atom. The summed E-state index contributed by atoms with van der Waals surface area (Å²) in [5, 5.41) is 14.5. The topological polar surface area (TPSA) is 87.7 Å². The van der Waals surface area contributed by atoms with Gasteiger partial charge in [-0.1, -0.05) is 12.1 Å². The molecule has 2 aromatic carbocycles. The van der Waals surface area contributed by atoms with Gasteiger partial charge in [0, 0.05) is 30.4 Å². The molecule has 6 heteroatoms. The molecule has 108 valence electrons. The van der Waals surface area contributed by atoms with Crippen molar-refractivity contribution in [2.24, 2.45) is 0 Å². The van der Waals surface area contributed by atoms with Gasteiger partial charge in [0.1, 0.15) is 11.5 Å². The van der Waals surface area contributed by atoms with Gasteiger partial charge in [-0.05, 0) is 24.3 Å². The lowest BCUT2D eigenvalue weighted by molar-refractivity contribution is -0.131. The number of ether oxygens (including phenoxy) is 1. The van der Waals surface area contributed by atoms with Crippen LogP contribution in [-0.2, 0) is 4.79 Å². The van der Waals surface area contributed by atoms with E-state index in [-0.39, 0.29) is 5.75 Å². The number of esters is 1. The minimum atomic E-state index is -0.472. The fourth-order valence-corrected chi connectivity index (χ4v) is 1.68. The highest BCUT2D eigenvalue weighted by Crippen LogP contribution is 2.19. The van der Waals surface area contributed by atoms with Crippen LogP contribution in [-0.4, -0.2) is 17.1 Å². The maximum absolute atomic E-state index is 11.8. The third-order valence-corrected chi connectivity index (χ3v) is 2.46. The van der Waals surface area contributed by atoms with Gasteiger partial charge in [0.25, 0.3) is 0 Å². The highest BCUT2D eigenvalue weighted by atomic mass is 16.5. The number of rotatable bonds is 3. The molecule has 6 nitrogen and oxygen atoms in total. The number of hydrogen-bond donors (Lipinski definition) is 3. The normalized spacial score (nSPS) is 9.76. The molecular formula is C15H14N2O4. The Hall–Kier alpha value is -3.02. The third kappa shape index (κ3) is 4.54. The van der Waals surface area contributed by atoms with Crippen molar-refractivity contribution in [2.45, 2.75) is 6.92 Å². The molecular weight excluding hydrogens is 272 g/mol. The highest BCUT2D eigenvalue weighted by molar-refractivity contribution is 5.99. The van der Waals surface area contributed by atoms with Crippen molar-refractivity contribution < 1.29 is 19.4 Å². The molecule has 0 bridgehead atoms. The molecule has 0 aromatic heterocycles. The van der Waals surface area contributed by atoms with E-state index in [1.54, 1.807) is 30.3 Å². The number of phenolic OH excluding ortho intramolecular Hbond substituents is 1. The fraction of sp³-hybridized carbons (Fsp3) is 0.0667. The zero-order chi connectivity index (χ0) is 15.2. The molecule has 0 saturated heterocycles. The van der Waals surface area contributed by atoms with Crippen LogP contribution in [0, 0.1) is 0 Å². The van der Waals surface area contributed by atoms with E-state index >= 15 is 0 Å². The third-order valence-electron chi connectivity index (χ3n) is 2.46. The second-order valence-electron chi connectivity index (χ2n) is 4.25. The van der Waals surface area contributed by atoms with Crippen molar-refractivity contribution in [3.8, 4) is 11.5 Å². The molecule has 0 fully saturated rings. The van der Waals surface area contributed by atoms with Crippen LogP contribution in [0.1, 0.15) is 6.92 Å². The van der Waals surface area contributed by atoms with Crippen molar-refractivity contribution >= 4 is 23.4 Å². The molecule has 2 aromatic rings. The van der Waals surface area contributed by atoms with Crippen LogP contribution in [0.5, 0.6) is 11.5 Å². The number of carbonyl (C=O) groups is 2. The molecule has 0 radical (unpaired) electrons. The predicted molar refractivity (Wildman–Crippen MR) is 78.5 cm³/mol. The molecule has 3 N–H and O–H groups in total. The van der Waals surface area contributed by atoms with Crippen LogP contribution in [0.25, 0.3) is 0 Å². The van der Waals surface area contributed by atoms with E-state index in [4.69, 9.17) is 4.74 Å². The van der Waals surface area contributed by atoms with E-state index in [0.29, 0.717) is 17.1 Å². The van der Waals surface area contributed by atoms with Gasteiger partial charge in [-0.3, -0.25) is 4.79 Å². The first-order valence-electron chi connectivity index (χ1n) is 6.18. The smallest absolute Gasteiger partial charge is 0.323 e. The summed E-state index contributed by atoms with van der Waals surface area (Å²) in [4.78, 5) is 22.7. The Morgan fingerprint density at radius 2 is 1.62 bits per heavy atom. The lowest BCUT2D eigenvalue weighted by Crippen LogP contribution is -2.19. The minimum absolute atomic E-state index is 0.0599. The Balaban J connectivity index is 2.01. The molecule has 0 aliphatic heterocycles. The van der Waals surface area contributed by atoms with Gasteiger partial charge >= 0.3 is 12.0 Å². The largest absolute Gasteiger partial charge is 0.508 e. The maximum atomic E-state index is 11.8. The number of benzene rings is 2. The SMILES string of the molecule is CC(=O)Oc1cccc(NC(=O)Nc2cccc(O)c2)c1. The number of aromatic hydroxyl groups is 1. The van der Waals surface area contributed by atoms with Crippen molar-refractivity contribution in [2.75, 3.05) is 10.6 Å². The quantitative estimate of drug-likeness (QED) is 0.598. The van der Waals surface area contributed by atoms with E-state index in [1.165, 1.54) is 25.1 Å². The number of urea groups is 1. The number of hydrogen-bond acceptors (Lipinski definition) is 4. The molecule has 0 atom stereocenters. The molecule has 2 amide bonds. The van der Waals surface area contributed by atoms with Gasteiger partial charge in [-0.2, -0.15) is 0 Å². The molecule has 0 unspecified atom stereocenters. The Bertz CT molecular complexity index is 670. The fourth-order valence-electron chi connectivity index (χ4n) is 1.68. The number of amides is 2. The minimum Gasteiger partial charge on any atom is -0.508 e. The summed E-state index contributed by atoms with van der Waals surface area (Å²) in [6, 6.07) is 12.2. The van der Waals surface area contributed by atoms with Gasteiger partial charge in [0.05, 0.1) is 0 Å². The first-order valence-corrected chi connectivity index (χ1v) is 6.18. The number of nitrogens with one attached hydrogen (secondary N) is 2. The van der Waals surface area contributed by atoms with Gasteiger partial charge in [-0.25, -0.2) is 4.79 Å². The average Bonchev–Trinajstić information content (AvgIpc) is 2.37. The molecule has 0 heterocycles. The van der Waals surface area contributed by atoms with Crippen LogP contribution in [0.2, 0.25) is 0 Å². The first-order chi connectivity index (χ1) is 10.0. The van der Waals surface area contributed by atoms with Gasteiger partial charge in [0.15, 0.2) is 0 Å². The summed E-state index contributed by atoms with van der Waals surface area (Å²) >= 11 is 0. The van der Waals surface area contributed by atoms with Crippen molar-refractivity contribution in [3.05, 3.63) is 48.5 Å². The molecule has 0 saturated carbocycles. The van der Waals surface area contributed by atoms with Crippen LogP contribution in [0.4, 0.5) is 16.2 Å².